The smallest absolute Gasteiger partial charge is 0.255 e. The molecular formula is C20H28N2O. The molecule has 2 aliphatic heterocycles. The maximum atomic E-state index is 13.2. The Morgan fingerprint density at radius 1 is 1.09 bits per heavy atom. The number of fused-ring (bicyclic) bond motifs is 1. The minimum Gasteiger partial charge on any atom is -0.376 e. The fourth-order valence-electron chi connectivity index (χ4n) is 3.82. The van der Waals surface area contributed by atoms with Crippen LogP contribution in [0.2, 0.25) is 0 Å². The van der Waals surface area contributed by atoms with Gasteiger partial charge in [-0.3, -0.25) is 4.79 Å². The van der Waals surface area contributed by atoms with Crippen LogP contribution in [0.1, 0.15) is 67.9 Å². The van der Waals surface area contributed by atoms with Crippen molar-refractivity contribution in [3.63, 3.8) is 0 Å². The van der Waals surface area contributed by atoms with E-state index < -0.39 is 0 Å². The summed E-state index contributed by atoms with van der Waals surface area (Å²) in [6, 6.07) is 4.23. The first-order valence-electron chi connectivity index (χ1n) is 8.79. The van der Waals surface area contributed by atoms with Crippen LogP contribution < -0.4 is 5.32 Å². The number of rotatable bonds is 1. The van der Waals surface area contributed by atoms with Crippen LogP contribution in [0.4, 0.5) is 5.69 Å². The van der Waals surface area contributed by atoms with Crippen molar-refractivity contribution in [2.45, 2.75) is 58.9 Å². The number of hydrogen-bond acceptors (Lipinski definition) is 2. The SMILES string of the molecule is CC1=CC(C)(C)Nc2c(C(=O)N3CCCCCC3)cc(C)cc21. The topological polar surface area (TPSA) is 32.3 Å². The minimum absolute atomic E-state index is 0.125. The summed E-state index contributed by atoms with van der Waals surface area (Å²) in [6.07, 6.45) is 6.97. The summed E-state index contributed by atoms with van der Waals surface area (Å²) in [7, 11) is 0. The summed E-state index contributed by atoms with van der Waals surface area (Å²) in [5.74, 6) is 0.185. The Bertz CT molecular complexity index is 650. The highest BCUT2D eigenvalue weighted by atomic mass is 16.2. The third-order valence-electron chi connectivity index (χ3n) is 4.86. The second kappa shape index (κ2) is 6.03. The van der Waals surface area contributed by atoms with Crippen molar-refractivity contribution in [1.82, 2.24) is 4.90 Å². The van der Waals surface area contributed by atoms with Gasteiger partial charge < -0.3 is 10.2 Å². The van der Waals surface area contributed by atoms with E-state index >= 15 is 0 Å². The van der Waals surface area contributed by atoms with Gasteiger partial charge in [-0.15, -0.1) is 0 Å². The molecule has 3 nitrogen and oxygen atoms in total. The quantitative estimate of drug-likeness (QED) is 0.820. The molecule has 0 aromatic heterocycles. The van der Waals surface area contributed by atoms with Gasteiger partial charge in [0.25, 0.3) is 5.91 Å². The molecular weight excluding hydrogens is 284 g/mol. The lowest BCUT2D eigenvalue weighted by Crippen LogP contribution is -2.36. The molecule has 2 heterocycles. The Morgan fingerprint density at radius 2 is 1.74 bits per heavy atom. The molecule has 0 unspecified atom stereocenters. The lowest BCUT2D eigenvalue weighted by atomic mass is 9.88. The van der Waals surface area contributed by atoms with Gasteiger partial charge in [-0.2, -0.15) is 0 Å². The number of likely N-dealkylation sites (tertiary alicyclic amines) is 1. The Hall–Kier alpha value is -1.77. The average molecular weight is 312 g/mol. The molecule has 3 heteroatoms. The number of anilines is 1. The molecule has 1 saturated heterocycles. The molecule has 1 aromatic rings. The summed E-state index contributed by atoms with van der Waals surface area (Å²) in [5, 5.41) is 3.57. The zero-order valence-electron chi connectivity index (χ0n) is 14.8. The predicted molar refractivity (Wildman–Crippen MR) is 96.9 cm³/mol. The number of allylic oxidation sites excluding steroid dienone is 1. The lowest BCUT2D eigenvalue weighted by molar-refractivity contribution is 0.0762. The molecule has 2 aliphatic rings. The molecule has 3 rings (SSSR count). The van der Waals surface area contributed by atoms with Gasteiger partial charge in [0.1, 0.15) is 0 Å². The van der Waals surface area contributed by atoms with E-state index in [4.69, 9.17) is 0 Å². The molecule has 1 aromatic carbocycles. The first kappa shape index (κ1) is 16.1. The van der Waals surface area contributed by atoms with Crippen LogP contribution in [-0.2, 0) is 0 Å². The van der Waals surface area contributed by atoms with Gasteiger partial charge in [-0.25, -0.2) is 0 Å². The van der Waals surface area contributed by atoms with Gasteiger partial charge >= 0.3 is 0 Å². The van der Waals surface area contributed by atoms with Crippen LogP contribution in [0.5, 0.6) is 0 Å². The number of nitrogens with zero attached hydrogens (tertiary/aromatic N) is 1. The molecule has 0 atom stereocenters. The maximum Gasteiger partial charge on any atom is 0.255 e. The van der Waals surface area contributed by atoms with Crippen LogP contribution in [0.15, 0.2) is 18.2 Å². The number of benzene rings is 1. The molecule has 1 fully saturated rings. The monoisotopic (exact) mass is 312 g/mol. The molecule has 0 bridgehead atoms. The Kier molecular flexibility index (Phi) is 4.22. The minimum atomic E-state index is -0.125. The summed E-state index contributed by atoms with van der Waals surface area (Å²) >= 11 is 0. The average Bonchev–Trinajstić information content (AvgIpc) is 2.75. The second-order valence-electron chi connectivity index (χ2n) is 7.62. The second-order valence-corrected chi connectivity index (χ2v) is 7.62. The van der Waals surface area contributed by atoms with Crippen molar-refractivity contribution < 1.29 is 4.79 Å². The molecule has 124 valence electrons. The van der Waals surface area contributed by atoms with Gasteiger partial charge in [0, 0.05) is 18.7 Å². The van der Waals surface area contributed by atoms with Crippen molar-refractivity contribution in [3.05, 3.63) is 34.9 Å². The molecule has 0 saturated carbocycles. The van der Waals surface area contributed by atoms with E-state index in [1.165, 1.54) is 24.0 Å². The highest BCUT2D eigenvalue weighted by Crippen LogP contribution is 2.37. The summed E-state index contributed by atoms with van der Waals surface area (Å²) in [4.78, 5) is 15.2. The van der Waals surface area contributed by atoms with E-state index in [1.807, 2.05) is 11.0 Å². The fraction of sp³-hybridized carbons (Fsp3) is 0.550. The van der Waals surface area contributed by atoms with Gasteiger partial charge in [-0.05, 0) is 63.8 Å². The number of hydrogen-bond donors (Lipinski definition) is 1. The number of aryl methyl sites for hydroxylation is 1. The highest BCUT2D eigenvalue weighted by Gasteiger charge is 2.28. The molecule has 0 spiro atoms. The molecule has 1 amide bonds. The maximum absolute atomic E-state index is 13.2. The first-order chi connectivity index (χ1) is 10.9. The first-order valence-corrected chi connectivity index (χ1v) is 8.79. The number of carbonyl (C=O) groups is 1. The Balaban J connectivity index is 2.03. The number of nitrogens with one attached hydrogen (secondary N) is 1. The highest BCUT2D eigenvalue weighted by molar-refractivity contribution is 6.03. The zero-order valence-corrected chi connectivity index (χ0v) is 14.8. The van der Waals surface area contributed by atoms with Crippen molar-refractivity contribution in [2.75, 3.05) is 18.4 Å². The largest absolute Gasteiger partial charge is 0.376 e. The van der Waals surface area contributed by atoms with Crippen LogP contribution in [-0.4, -0.2) is 29.4 Å². The molecule has 0 radical (unpaired) electrons. The standard InChI is InChI=1S/C20H28N2O/c1-14-11-16-15(2)13-20(3,4)21-18(16)17(12-14)19(23)22-9-7-5-6-8-10-22/h11-13,21H,5-10H2,1-4H3. The van der Waals surface area contributed by atoms with E-state index in [2.05, 4.69) is 45.2 Å². The van der Waals surface area contributed by atoms with E-state index in [-0.39, 0.29) is 11.4 Å². The van der Waals surface area contributed by atoms with Crippen molar-refractivity contribution in [1.29, 1.82) is 0 Å². The molecule has 23 heavy (non-hydrogen) atoms. The van der Waals surface area contributed by atoms with Crippen LogP contribution in [0.25, 0.3) is 5.57 Å². The van der Waals surface area contributed by atoms with Gasteiger partial charge in [0.2, 0.25) is 0 Å². The lowest BCUT2D eigenvalue weighted by Gasteiger charge is -2.34. The third-order valence-corrected chi connectivity index (χ3v) is 4.86. The predicted octanol–water partition coefficient (Wildman–Crippen LogP) is 4.62. The van der Waals surface area contributed by atoms with Crippen molar-refractivity contribution in [2.24, 2.45) is 0 Å². The van der Waals surface area contributed by atoms with E-state index in [1.54, 1.807) is 0 Å². The zero-order chi connectivity index (χ0) is 16.6. The van der Waals surface area contributed by atoms with Crippen LogP contribution in [0, 0.1) is 6.92 Å². The number of carbonyl (C=O) groups excluding carboxylic acids is 1. The van der Waals surface area contributed by atoms with Crippen molar-refractivity contribution >= 4 is 17.2 Å². The molecule has 0 aliphatic carbocycles. The summed E-state index contributed by atoms with van der Waals surface area (Å²) in [6.45, 7) is 10.3. The number of amides is 1. The Labute approximate surface area is 139 Å². The van der Waals surface area contributed by atoms with E-state index in [9.17, 15) is 4.79 Å². The molecule has 1 N–H and O–H groups in total. The van der Waals surface area contributed by atoms with Gasteiger partial charge in [-0.1, -0.05) is 18.9 Å². The van der Waals surface area contributed by atoms with Crippen LogP contribution >= 0.6 is 0 Å². The van der Waals surface area contributed by atoms with E-state index in [0.717, 1.165) is 42.7 Å². The normalized spacial score (nSPS) is 20.2. The Morgan fingerprint density at radius 3 is 2.39 bits per heavy atom. The van der Waals surface area contributed by atoms with E-state index in [0.29, 0.717) is 0 Å². The third kappa shape index (κ3) is 3.29. The van der Waals surface area contributed by atoms with Crippen LogP contribution in [0.3, 0.4) is 0 Å². The van der Waals surface area contributed by atoms with Gasteiger partial charge in [0.05, 0.1) is 16.8 Å². The summed E-state index contributed by atoms with van der Waals surface area (Å²) in [5.41, 5.74) is 5.29. The van der Waals surface area contributed by atoms with Crippen molar-refractivity contribution in [3.8, 4) is 0 Å². The summed E-state index contributed by atoms with van der Waals surface area (Å²) < 4.78 is 0. The fourth-order valence-corrected chi connectivity index (χ4v) is 3.82. The van der Waals surface area contributed by atoms with Gasteiger partial charge in [0.15, 0.2) is 0 Å².